The molecule has 0 atom stereocenters. The zero-order chi connectivity index (χ0) is 9.10. The highest BCUT2D eigenvalue weighted by Crippen LogP contribution is 2.35. The summed E-state index contributed by atoms with van der Waals surface area (Å²) in [7, 11) is 0. The molecule has 0 unspecified atom stereocenters. The van der Waals surface area contributed by atoms with Crippen molar-refractivity contribution in [3.05, 3.63) is 35.8 Å². The van der Waals surface area contributed by atoms with Crippen LogP contribution in [0.15, 0.2) is 34.5 Å². The van der Waals surface area contributed by atoms with Crippen LogP contribution in [-0.4, -0.2) is 0 Å². The summed E-state index contributed by atoms with van der Waals surface area (Å²) in [4.78, 5) is 0. The van der Waals surface area contributed by atoms with Crippen LogP contribution < -0.4 is 0 Å². The summed E-state index contributed by atoms with van der Waals surface area (Å²) in [6.45, 7) is 2.14. The van der Waals surface area contributed by atoms with Gasteiger partial charge in [0.25, 0.3) is 0 Å². The summed E-state index contributed by atoms with van der Waals surface area (Å²) in [5, 5.41) is 0. The fourth-order valence-electron chi connectivity index (χ4n) is 2.09. The molecule has 0 spiro atoms. The lowest BCUT2D eigenvalue weighted by atomic mass is 9.84. The zero-order valence-electron chi connectivity index (χ0n) is 8.12. The molecule has 0 radical (unpaired) electrons. The minimum absolute atomic E-state index is 0.665. The summed E-state index contributed by atoms with van der Waals surface area (Å²) in [6, 6.07) is 4.09. The Balaban J connectivity index is 1.99. The van der Waals surface area contributed by atoms with Crippen LogP contribution in [0.2, 0.25) is 0 Å². The monoisotopic (exact) mass is 176 g/mol. The van der Waals surface area contributed by atoms with Crippen molar-refractivity contribution in [1.82, 2.24) is 0 Å². The van der Waals surface area contributed by atoms with E-state index in [1.54, 1.807) is 11.8 Å². The van der Waals surface area contributed by atoms with Crippen molar-refractivity contribution in [2.75, 3.05) is 0 Å². The first-order valence-corrected chi connectivity index (χ1v) is 5.07. The average Bonchev–Trinajstić information content (AvgIpc) is 2.71. The van der Waals surface area contributed by atoms with Crippen molar-refractivity contribution in [2.24, 2.45) is 0 Å². The minimum Gasteiger partial charge on any atom is -0.469 e. The van der Waals surface area contributed by atoms with Crippen LogP contribution in [0.3, 0.4) is 0 Å². The van der Waals surface area contributed by atoms with Crippen molar-refractivity contribution in [2.45, 2.75) is 38.5 Å². The molecule has 0 N–H and O–H groups in total. The molecular weight excluding hydrogens is 160 g/mol. The normalized spacial score (nSPS) is 23.2. The second kappa shape index (κ2) is 3.82. The van der Waals surface area contributed by atoms with Gasteiger partial charge in [0, 0.05) is 5.92 Å². The minimum atomic E-state index is 0.665. The average molecular weight is 176 g/mol. The van der Waals surface area contributed by atoms with E-state index in [-0.39, 0.29) is 0 Å². The zero-order valence-corrected chi connectivity index (χ0v) is 8.12. The predicted octanol–water partition coefficient (Wildman–Crippen LogP) is 3.88. The Morgan fingerprint density at radius 1 is 1.38 bits per heavy atom. The van der Waals surface area contributed by atoms with Gasteiger partial charge in [-0.3, -0.25) is 0 Å². The maximum atomic E-state index is 5.42. The van der Waals surface area contributed by atoms with Crippen molar-refractivity contribution in [1.29, 1.82) is 0 Å². The Kier molecular flexibility index (Phi) is 2.53. The lowest BCUT2D eigenvalue weighted by molar-refractivity contribution is 0.408. The second-order valence-corrected chi connectivity index (χ2v) is 3.74. The summed E-state index contributed by atoms with van der Waals surface area (Å²) in [6.07, 6.45) is 9.06. The highest BCUT2D eigenvalue weighted by molar-refractivity contribution is 5.12. The SMILES string of the molecule is CC=C1CCC(c2ccco2)CC1. The third-order valence-corrected chi connectivity index (χ3v) is 2.98. The molecule has 0 amide bonds. The van der Waals surface area contributed by atoms with Crippen LogP contribution in [0.4, 0.5) is 0 Å². The van der Waals surface area contributed by atoms with Gasteiger partial charge in [0.05, 0.1) is 6.26 Å². The van der Waals surface area contributed by atoms with Gasteiger partial charge in [-0.05, 0) is 44.7 Å². The number of hydrogen-bond acceptors (Lipinski definition) is 1. The quantitative estimate of drug-likeness (QED) is 0.592. The van der Waals surface area contributed by atoms with Gasteiger partial charge in [0.1, 0.15) is 5.76 Å². The topological polar surface area (TPSA) is 13.1 Å². The highest BCUT2D eigenvalue weighted by atomic mass is 16.3. The first-order chi connectivity index (χ1) is 6.40. The third kappa shape index (κ3) is 1.85. The van der Waals surface area contributed by atoms with E-state index in [2.05, 4.69) is 19.1 Å². The Labute approximate surface area is 79.4 Å². The molecule has 0 saturated heterocycles. The van der Waals surface area contributed by atoms with Gasteiger partial charge in [0.15, 0.2) is 0 Å². The lowest BCUT2D eigenvalue weighted by Gasteiger charge is -2.21. The van der Waals surface area contributed by atoms with E-state index in [1.807, 2.05) is 6.07 Å². The molecule has 1 nitrogen and oxygen atoms in total. The van der Waals surface area contributed by atoms with Gasteiger partial charge in [-0.15, -0.1) is 0 Å². The molecule has 1 heteroatoms. The van der Waals surface area contributed by atoms with E-state index in [4.69, 9.17) is 4.42 Å². The van der Waals surface area contributed by atoms with E-state index in [0.717, 1.165) is 0 Å². The molecule has 0 bridgehead atoms. The van der Waals surface area contributed by atoms with Crippen LogP contribution in [0, 0.1) is 0 Å². The number of hydrogen-bond donors (Lipinski definition) is 0. The molecule has 1 aliphatic rings. The fourth-order valence-corrected chi connectivity index (χ4v) is 2.09. The van der Waals surface area contributed by atoms with Crippen LogP contribution in [0.1, 0.15) is 44.3 Å². The van der Waals surface area contributed by atoms with Crippen LogP contribution in [0.25, 0.3) is 0 Å². The molecule has 0 aliphatic heterocycles. The second-order valence-electron chi connectivity index (χ2n) is 3.74. The fraction of sp³-hybridized carbons (Fsp3) is 0.500. The van der Waals surface area contributed by atoms with Crippen LogP contribution >= 0.6 is 0 Å². The Hall–Kier alpha value is -0.980. The van der Waals surface area contributed by atoms with Gasteiger partial charge in [-0.25, -0.2) is 0 Å². The molecule has 13 heavy (non-hydrogen) atoms. The van der Waals surface area contributed by atoms with Crippen molar-refractivity contribution in [3.8, 4) is 0 Å². The van der Waals surface area contributed by atoms with Crippen LogP contribution in [0.5, 0.6) is 0 Å². The van der Waals surface area contributed by atoms with E-state index < -0.39 is 0 Å². The largest absolute Gasteiger partial charge is 0.469 e. The molecule has 2 rings (SSSR count). The smallest absolute Gasteiger partial charge is 0.106 e. The molecule has 1 aromatic heterocycles. The first kappa shape index (κ1) is 8.61. The maximum absolute atomic E-state index is 5.42. The Morgan fingerprint density at radius 3 is 2.69 bits per heavy atom. The molecule has 0 aromatic carbocycles. The molecule has 1 saturated carbocycles. The molecule has 1 fully saturated rings. The van der Waals surface area contributed by atoms with E-state index >= 15 is 0 Å². The lowest BCUT2D eigenvalue weighted by Crippen LogP contribution is -2.05. The van der Waals surface area contributed by atoms with Crippen molar-refractivity contribution >= 4 is 0 Å². The predicted molar refractivity (Wildman–Crippen MR) is 53.7 cm³/mol. The number of furan rings is 1. The molecule has 1 aliphatic carbocycles. The molecule has 70 valence electrons. The molecular formula is C12H16O. The van der Waals surface area contributed by atoms with Gasteiger partial charge >= 0.3 is 0 Å². The third-order valence-electron chi connectivity index (χ3n) is 2.98. The number of rotatable bonds is 1. The first-order valence-electron chi connectivity index (χ1n) is 5.07. The Bertz CT molecular complexity index is 272. The van der Waals surface area contributed by atoms with Gasteiger partial charge in [-0.2, -0.15) is 0 Å². The standard InChI is InChI=1S/C12H16O/c1-2-10-5-7-11(8-6-10)12-4-3-9-13-12/h2-4,9,11H,5-8H2,1H3. The Morgan fingerprint density at radius 2 is 2.15 bits per heavy atom. The number of allylic oxidation sites excluding steroid dienone is 2. The van der Waals surface area contributed by atoms with Gasteiger partial charge in [0.2, 0.25) is 0 Å². The summed E-state index contributed by atoms with van der Waals surface area (Å²) < 4.78 is 5.42. The van der Waals surface area contributed by atoms with E-state index in [9.17, 15) is 0 Å². The van der Waals surface area contributed by atoms with Crippen LogP contribution in [-0.2, 0) is 0 Å². The maximum Gasteiger partial charge on any atom is 0.106 e. The summed E-state index contributed by atoms with van der Waals surface area (Å²) in [5.41, 5.74) is 1.61. The summed E-state index contributed by atoms with van der Waals surface area (Å²) >= 11 is 0. The molecule has 1 heterocycles. The van der Waals surface area contributed by atoms with Crippen molar-refractivity contribution in [3.63, 3.8) is 0 Å². The molecule has 1 aromatic rings. The van der Waals surface area contributed by atoms with Crippen molar-refractivity contribution < 1.29 is 4.42 Å². The van der Waals surface area contributed by atoms with Gasteiger partial charge in [-0.1, -0.05) is 11.6 Å². The van der Waals surface area contributed by atoms with Gasteiger partial charge < -0.3 is 4.42 Å². The van der Waals surface area contributed by atoms with E-state index in [0.29, 0.717) is 5.92 Å². The highest BCUT2D eigenvalue weighted by Gasteiger charge is 2.19. The summed E-state index contributed by atoms with van der Waals surface area (Å²) in [5.74, 6) is 1.84. The van der Waals surface area contributed by atoms with E-state index in [1.165, 1.54) is 31.4 Å².